The smallest absolute Gasteiger partial charge is 0.238 e. The van der Waals surface area contributed by atoms with Gasteiger partial charge in [0.2, 0.25) is 5.91 Å². The van der Waals surface area contributed by atoms with Gasteiger partial charge in [0.05, 0.1) is 0 Å². The van der Waals surface area contributed by atoms with Crippen LogP contribution in [0.1, 0.15) is 19.4 Å². The molecular weight excluding hydrogens is 250 g/mol. The molecule has 1 aliphatic heterocycles. The van der Waals surface area contributed by atoms with Crippen molar-refractivity contribution >= 4 is 5.91 Å². The van der Waals surface area contributed by atoms with Gasteiger partial charge in [-0.05, 0) is 19.4 Å². The average molecular weight is 275 g/mol. The third kappa shape index (κ3) is 3.58. The number of carbonyl (C=O) groups excluding carboxylic acids is 1. The fraction of sp³-hybridized carbons (Fsp3) is 0.562. The Balaban J connectivity index is 2.08. The molecule has 0 radical (unpaired) electrons. The zero-order chi connectivity index (χ0) is 14.5. The molecule has 0 aliphatic carbocycles. The standard InChI is InChI=1S/C16H25N3O/c1-13(2)18-9-10-19(15(12-18)16(20)17-3)11-14-7-5-4-6-8-14/h4-8,13,15H,9-12H2,1-3H3,(H,17,20)/t15-/m1/s1. The number of piperazine rings is 1. The lowest BCUT2D eigenvalue weighted by atomic mass is 10.1. The Morgan fingerprint density at radius 1 is 1.30 bits per heavy atom. The van der Waals surface area contributed by atoms with Gasteiger partial charge in [-0.2, -0.15) is 0 Å². The van der Waals surface area contributed by atoms with Gasteiger partial charge in [-0.1, -0.05) is 30.3 Å². The van der Waals surface area contributed by atoms with Gasteiger partial charge < -0.3 is 5.32 Å². The van der Waals surface area contributed by atoms with Crippen LogP contribution in [0, 0.1) is 0 Å². The van der Waals surface area contributed by atoms with Gasteiger partial charge in [0.1, 0.15) is 6.04 Å². The van der Waals surface area contributed by atoms with Gasteiger partial charge in [0.25, 0.3) is 0 Å². The summed E-state index contributed by atoms with van der Waals surface area (Å²) >= 11 is 0. The Labute approximate surface area is 121 Å². The summed E-state index contributed by atoms with van der Waals surface area (Å²) in [5.41, 5.74) is 1.26. The number of nitrogens with one attached hydrogen (secondary N) is 1. The summed E-state index contributed by atoms with van der Waals surface area (Å²) in [6, 6.07) is 10.8. The molecule has 0 bridgehead atoms. The lowest BCUT2D eigenvalue weighted by molar-refractivity contribution is -0.129. The summed E-state index contributed by atoms with van der Waals surface area (Å²) in [6.07, 6.45) is 0. The molecule has 4 heteroatoms. The number of rotatable bonds is 4. The molecule has 0 saturated carbocycles. The Morgan fingerprint density at radius 3 is 2.60 bits per heavy atom. The van der Waals surface area contributed by atoms with Gasteiger partial charge >= 0.3 is 0 Å². The van der Waals surface area contributed by atoms with Crippen molar-refractivity contribution < 1.29 is 4.79 Å². The Hall–Kier alpha value is -1.39. The fourth-order valence-electron chi connectivity index (χ4n) is 2.73. The first-order chi connectivity index (χ1) is 9.61. The zero-order valence-electron chi connectivity index (χ0n) is 12.7. The molecule has 2 rings (SSSR count). The second-order valence-corrected chi connectivity index (χ2v) is 5.67. The largest absolute Gasteiger partial charge is 0.358 e. The van der Waals surface area contributed by atoms with Gasteiger partial charge in [0.15, 0.2) is 0 Å². The maximum Gasteiger partial charge on any atom is 0.238 e. The Morgan fingerprint density at radius 2 is 2.00 bits per heavy atom. The molecule has 0 aromatic heterocycles. The predicted octanol–water partition coefficient (Wildman–Crippen LogP) is 1.33. The van der Waals surface area contributed by atoms with E-state index in [1.54, 1.807) is 7.05 Å². The average Bonchev–Trinajstić information content (AvgIpc) is 2.47. The van der Waals surface area contributed by atoms with Crippen LogP contribution < -0.4 is 5.32 Å². The molecule has 1 aromatic rings. The van der Waals surface area contributed by atoms with E-state index >= 15 is 0 Å². The first-order valence-electron chi connectivity index (χ1n) is 7.35. The monoisotopic (exact) mass is 275 g/mol. The fourth-order valence-corrected chi connectivity index (χ4v) is 2.73. The van der Waals surface area contributed by atoms with Gasteiger partial charge in [-0.25, -0.2) is 0 Å². The molecule has 20 heavy (non-hydrogen) atoms. The van der Waals surface area contributed by atoms with E-state index < -0.39 is 0 Å². The van der Waals surface area contributed by atoms with E-state index in [1.165, 1.54) is 5.56 Å². The van der Waals surface area contributed by atoms with Crippen LogP contribution in [0.4, 0.5) is 0 Å². The summed E-state index contributed by atoms with van der Waals surface area (Å²) in [4.78, 5) is 16.8. The van der Waals surface area contributed by atoms with E-state index in [0.29, 0.717) is 6.04 Å². The molecule has 0 spiro atoms. The summed E-state index contributed by atoms with van der Waals surface area (Å²) < 4.78 is 0. The first kappa shape index (κ1) is 15.0. The molecule has 1 saturated heterocycles. The SMILES string of the molecule is CNC(=O)[C@H]1CN(C(C)C)CCN1Cc1ccccc1. The van der Waals surface area contributed by atoms with Crippen LogP contribution in [0.2, 0.25) is 0 Å². The normalized spacial score (nSPS) is 21.1. The van der Waals surface area contributed by atoms with Crippen molar-refractivity contribution in [1.82, 2.24) is 15.1 Å². The summed E-state index contributed by atoms with van der Waals surface area (Å²) in [7, 11) is 1.72. The second kappa shape index (κ2) is 6.86. The number of nitrogens with zero attached hydrogens (tertiary/aromatic N) is 2. The quantitative estimate of drug-likeness (QED) is 0.900. The van der Waals surface area contributed by atoms with Crippen LogP contribution in [-0.2, 0) is 11.3 Å². The molecule has 1 amide bonds. The van der Waals surface area contributed by atoms with Crippen LogP contribution in [0.15, 0.2) is 30.3 Å². The minimum Gasteiger partial charge on any atom is -0.358 e. The van der Waals surface area contributed by atoms with Crippen LogP contribution in [-0.4, -0.2) is 54.5 Å². The van der Waals surface area contributed by atoms with Crippen LogP contribution in [0.3, 0.4) is 0 Å². The number of hydrogen-bond acceptors (Lipinski definition) is 3. The maximum absolute atomic E-state index is 12.2. The number of benzene rings is 1. The van der Waals surface area contributed by atoms with E-state index in [4.69, 9.17) is 0 Å². The lowest BCUT2D eigenvalue weighted by Gasteiger charge is -2.42. The van der Waals surface area contributed by atoms with Crippen molar-refractivity contribution in [3.8, 4) is 0 Å². The van der Waals surface area contributed by atoms with E-state index in [2.05, 4.69) is 53.2 Å². The van der Waals surface area contributed by atoms with Crippen LogP contribution >= 0.6 is 0 Å². The van der Waals surface area contributed by atoms with Crippen LogP contribution in [0.25, 0.3) is 0 Å². The van der Waals surface area contributed by atoms with E-state index in [9.17, 15) is 4.79 Å². The minimum atomic E-state index is -0.0589. The second-order valence-electron chi connectivity index (χ2n) is 5.67. The molecule has 1 aromatic carbocycles. The van der Waals surface area contributed by atoms with Crippen molar-refractivity contribution in [3.63, 3.8) is 0 Å². The topological polar surface area (TPSA) is 35.6 Å². The molecule has 4 nitrogen and oxygen atoms in total. The van der Waals surface area contributed by atoms with Gasteiger partial charge in [-0.15, -0.1) is 0 Å². The molecule has 1 N–H and O–H groups in total. The highest BCUT2D eigenvalue weighted by molar-refractivity contribution is 5.81. The first-order valence-corrected chi connectivity index (χ1v) is 7.35. The predicted molar refractivity (Wildman–Crippen MR) is 81.4 cm³/mol. The highest BCUT2D eigenvalue weighted by Gasteiger charge is 2.32. The molecule has 1 atom stereocenters. The van der Waals surface area contributed by atoms with Crippen molar-refractivity contribution in [2.45, 2.75) is 32.5 Å². The van der Waals surface area contributed by atoms with Crippen molar-refractivity contribution in [1.29, 1.82) is 0 Å². The van der Waals surface area contributed by atoms with Crippen LogP contribution in [0.5, 0.6) is 0 Å². The zero-order valence-corrected chi connectivity index (χ0v) is 12.7. The molecular formula is C16H25N3O. The number of likely N-dealkylation sites (N-methyl/N-ethyl adjacent to an activating group) is 1. The van der Waals surface area contributed by atoms with Gasteiger partial charge in [0, 0.05) is 39.3 Å². The number of hydrogen-bond donors (Lipinski definition) is 1. The Kier molecular flexibility index (Phi) is 5.15. The molecule has 0 unspecified atom stereocenters. The highest BCUT2D eigenvalue weighted by atomic mass is 16.2. The summed E-state index contributed by atoms with van der Waals surface area (Å²) in [5.74, 6) is 0.117. The van der Waals surface area contributed by atoms with Crippen molar-refractivity contribution in [3.05, 3.63) is 35.9 Å². The van der Waals surface area contributed by atoms with Crippen molar-refractivity contribution in [2.24, 2.45) is 0 Å². The molecule has 1 fully saturated rings. The van der Waals surface area contributed by atoms with Crippen molar-refractivity contribution in [2.75, 3.05) is 26.7 Å². The Bertz CT molecular complexity index is 433. The number of amides is 1. The molecule has 1 aliphatic rings. The summed E-state index contributed by atoms with van der Waals surface area (Å²) in [6.45, 7) is 7.99. The van der Waals surface area contributed by atoms with E-state index in [0.717, 1.165) is 26.2 Å². The molecule has 110 valence electrons. The maximum atomic E-state index is 12.2. The third-order valence-corrected chi connectivity index (χ3v) is 4.03. The third-order valence-electron chi connectivity index (χ3n) is 4.03. The van der Waals surface area contributed by atoms with E-state index in [-0.39, 0.29) is 11.9 Å². The highest BCUT2D eigenvalue weighted by Crippen LogP contribution is 2.16. The number of carbonyl (C=O) groups is 1. The summed E-state index contributed by atoms with van der Waals surface area (Å²) in [5, 5.41) is 2.80. The van der Waals surface area contributed by atoms with Gasteiger partial charge in [-0.3, -0.25) is 14.6 Å². The van der Waals surface area contributed by atoms with E-state index in [1.807, 2.05) is 6.07 Å². The molecule has 1 heterocycles. The lowest BCUT2D eigenvalue weighted by Crippen LogP contribution is -2.59. The minimum absolute atomic E-state index is 0.0589.